The van der Waals surface area contributed by atoms with Crippen LogP contribution in [0.2, 0.25) is 0 Å². The van der Waals surface area contributed by atoms with E-state index in [0.29, 0.717) is 5.58 Å². The van der Waals surface area contributed by atoms with E-state index in [4.69, 9.17) is 9.15 Å². The summed E-state index contributed by atoms with van der Waals surface area (Å²) in [5.74, 6) is -0.183. The van der Waals surface area contributed by atoms with Crippen molar-refractivity contribution in [2.45, 2.75) is 0 Å². The number of nitrogens with one attached hydrogen (secondary N) is 1. The molecule has 0 saturated carbocycles. The first-order chi connectivity index (χ1) is 8.72. The highest BCUT2D eigenvalue weighted by atomic mass is 32.2. The average molecular weight is 261 g/mol. The normalized spacial score (nSPS) is 17.4. The van der Waals surface area contributed by atoms with Crippen molar-refractivity contribution in [1.29, 1.82) is 0 Å². The minimum atomic E-state index is -0.457. The van der Waals surface area contributed by atoms with E-state index in [2.05, 4.69) is 5.32 Å². The molecule has 1 N–H and O–H groups in total. The molecule has 2 amide bonds. The van der Waals surface area contributed by atoms with Gasteiger partial charge in [-0.15, -0.1) is 0 Å². The fourth-order valence-corrected chi connectivity index (χ4v) is 2.11. The molecule has 1 fully saturated rings. The van der Waals surface area contributed by atoms with Crippen molar-refractivity contribution in [3.8, 4) is 5.95 Å². The lowest BCUT2D eigenvalue weighted by Gasteiger charge is -1.93. The summed E-state index contributed by atoms with van der Waals surface area (Å²) < 4.78 is 10.6. The summed E-state index contributed by atoms with van der Waals surface area (Å²) in [4.78, 5) is 22.4. The smallest absolute Gasteiger partial charge is 0.291 e. The Morgan fingerprint density at radius 2 is 2.11 bits per heavy atom. The molecule has 1 aliphatic rings. The number of fused-ring (bicyclic) bond motifs is 1. The summed E-state index contributed by atoms with van der Waals surface area (Å²) in [6, 6.07) is 9.16. The minimum Gasteiger partial charge on any atom is -0.433 e. The molecule has 1 saturated heterocycles. The van der Waals surface area contributed by atoms with Crippen LogP contribution in [0, 0.1) is 0 Å². The van der Waals surface area contributed by atoms with Gasteiger partial charge in [0.2, 0.25) is 0 Å². The number of amides is 2. The third-order valence-electron chi connectivity index (χ3n) is 2.33. The Bertz CT molecular complexity index is 641. The molecule has 0 aliphatic carbocycles. The van der Waals surface area contributed by atoms with Crippen LogP contribution in [0.4, 0.5) is 4.79 Å². The van der Waals surface area contributed by atoms with Crippen LogP contribution in [0.3, 0.4) is 0 Å². The zero-order chi connectivity index (χ0) is 12.5. The standard InChI is InChI=1S/C12H7NO4S/c14-11-9(18-12(15)13-11)6-16-10-5-7-3-1-2-4-8(7)17-10/h1-6H,(H,13,14,15). The third-order valence-corrected chi connectivity index (χ3v) is 3.12. The Morgan fingerprint density at radius 1 is 1.28 bits per heavy atom. The third kappa shape index (κ3) is 1.98. The summed E-state index contributed by atoms with van der Waals surface area (Å²) in [6.07, 6.45) is 1.21. The highest BCUT2D eigenvalue weighted by molar-refractivity contribution is 8.18. The van der Waals surface area contributed by atoms with Crippen molar-refractivity contribution >= 4 is 33.9 Å². The van der Waals surface area contributed by atoms with Crippen molar-refractivity contribution < 1.29 is 18.7 Å². The zero-order valence-electron chi connectivity index (χ0n) is 9.01. The number of thioether (sulfide) groups is 1. The van der Waals surface area contributed by atoms with Gasteiger partial charge in [0.05, 0.1) is 0 Å². The molecule has 3 rings (SSSR count). The summed E-state index contributed by atoms with van der Waals surface area (Å²) in [7, 11) is 0. The number of furan rings is 1. The predicted octanol–water partition coefficient (Wildman–Crippen LogP) is 2.64. The molecule has 0 atom stereocenters. The highest BCUT2D eigenvalue weighted by Crippen LogP contribution is 2.27. The second kappa shape index (κ2) is 4.23. The maximum absolute atomic E-state index is 11.2. The number of hydrogen-bond acceptors (Lipinski definition) is 5. The first kappa shape index (κ1) is 10.9. The van der Waals surface area contributed by atoms with E-state index >= 15 is 0 Å². The highest BCUT2D eigenvalue weighted by Gasteiger charge is 2.25. The fourth-order valence-electron chi connectivity index (χ4n) is 1.53. The molecule has 2 aromatic rings. The predicted molar refractivity (Wildman–Crippen MR) is 66.1 cm³/mol. The molecule has 2 heterocycles. The van der Waals surface area contributed by atoms with Crippen LogP contribution in [0.25, 0.3) is 11.0 Å². The molecule has 0 spiro atoms. The van der Waals surface area contributed by atoms with Gasteiger partial charge in [-0.1, -0.05) is 18.2 Å². The molecular weight excluding hydrogens is 254 g/mol. The van der Waals surface area contributed by atoms with Gasteiger partial charge in [-0.3, -0.25) is 14.9 Å². The van der Waals surface area contributed by atoms with Gasteiger partial charge < -0.3 is 9.15 Å². The van der Waals surface area contributed by atoms with Gasteiger partial charge >= 0.3 is 0 Å². The Balaban J connectivity index is 1.82. The lowest BCUT2D eigenvalue weighted by Crippen LogP contribution is -2.18. The lowest BCUT2D eigenvalue weighted by atomic mass is 10.3. The Morgan fingerprint density at radius 3 is 2.83 bits per heavy atom. The molecule has 1 aliphatic heterocycles. The van der Waals surface area contributed by atoms with Crippen LogP contribution in [-0.4, -0.2) is 11.1 Å². The number of carbonyl (C=O) groups excluding carboxylic acids is 2. The van der Waals surface area contributed by atoms with Gasteiger partial charge in [-0.2, -0.15) is 0 Å². The maximum atomic E-state index is 11.2. The fraction of sp³-hybridized carbons (Fsp3) is 0. The number of ether oxygens (including phenoxy) is 1. The molecule has 90 valence electrons. The molecular formula is C12H7NO4S. The largest absolute Gasteiger partial charge is 0.433 e. The zero-order valence-corrected chi connectivity index (χ0v) is 9.82. The van der Waals surface area contributed by atoms with Gasteiger partial charge in [0.15, 0.2) is 0 Å². The summed E-state index contributed by atoms with van der Waals surface area (Å²) >= 11 is 0.795. The van der Waals surface area contributed by atoms with Crippen LogP contribution in [0.15, 0.2) is 45.9 Å². The summed E-state index contributed by atoms with van der Waals surface area (Å²) in [5.41, 5.74) is 0.700. The SMILES string of the molecule is O=C1NC(=O)C(=COc2cc3ccccc3o2)S1. The van der Waals surface area contributed by atoms with E-state index in [9.17, 15) is 9.59 Å². The van der Waals surface area contributed by atoms with Crippen LogP contribution in [0.5, 0.6) is 5.95 Å². The van der Waals surface area contributed by atoms with Crippen molar-refractivity contribution in [1.82, 2.24) is 5.32 Å². The number of hydrogen-bond donors (Lipinski definition) is 1. The Hall–Kier alpha value is -2.21. The van der Waals surface area contributed by atoms with Crippen molar-refractivity contribution in [3.05, 3.63) is 41.5 Å². The summed E-state index contributed by atoms with van der Waals surface area (Å²) in [5, 5.41) is 2.64. The maximum Gasteiger partial charge on any atom is 0.291 e. The quantitative estimate of drug-likeness (QED) is 0.664. The van der Waals surface area contributed by atoms with E-state index in [-0.39, 0.29) is 10.9 Å². The number of rotatable bonds is 2. The average Bonchev–Trinajstić information content (AvgIpc) is 2.89. The van der Waals surface area contributed by atoms with Gasteiger partial charge in [-0.05, 0) is 17.8 Å². The van der Waals surface area contributed by atoms with Crippen LogP contribution >= 0.6 is 11.8 Å². The van der Waals surface area contributed by atoms with E-state index in [1.165, 1.54) is 6.26 Å². The Kier molecular flexibility index (Phi) is 2.56. The number of imide groups is 1. The molecule has 18 heavy (non-hydrogen) atoms. The number of carbonyl (C=O) groups is 2. The van der Waals surface area contributed by atoms with E-state index in [1.54, 1.807) is 6.07 Å². The second-order valence-electron chi connectivity index (χ2n) is 3.55. The lowest BCUT2D eigenvalue weighted by molar-refractivity contribution is -0.115. The van der Waals surface area contributed by atoms with E-state index in [0.717, 1.165) is 17.1 Å². The van der Waals surface area contributed by atoms with Gasteiger partial charge in [0.1, 0.15) is 16.8 Å². The van der Waals surface area contributed by atoms with Crippen LogP contribution < -0.4 is 10.1 Å². The second-order valence-corrected chi connectivity index (χ2v) is 4.56. The minimum absolute atomic E-state index is 0.209. The molecule has 0 unspecified atom stereocenters. The van der Waals surface area contributed by atoms with Crippen LogP contribution in [-0.2, 0) is 4.79 Å². The number of para-hydroxylation sites is 1. The molecule has 6 heteroatoms. The van der Waals surface area contributed by atoms with Gasteiger partial charge in [0.25, 0.3) is 17.1 Å². The van der Waals surface area contributed by atoms with Gasteiger partial charge in [-0.25, -0.2) is 0 Å². The molecule has 0 bridgehead atoms. The monoisotopic (exact) mass is 261 g/mol. The molecule has 0 radical (unpaired) electrons. The topological polar surface area (TPSA) is 68.5 Å². The Labute approximate surface area is 106 Å². The van der Waals surface area contributed by atoms with Crippen LogP contribution in [0.1, 0.15) is 0 Å². The van der Waals surface area contributed by atoms with Gasteiger partial charge in [0, 0.05) is 11.5 Å². The van der Waals surface area contributed by atoms with Crippen molar-refractivity contribution in [2.24, 2.45) is 0 Å². The molecule has 1 aromatic carbocycles. The van der Waals surface area contributed by atoms with Crippen molar-refractivity contribution in [2.75, 3.05) is 0 Å². The molecule has 1 aromatic heterocycles. The van der Waals surface area contributed by atoms with Crippen molar-refractivity contribution in [3.63, 3.8) is 0 Å². The first-order valence-corrected chi connectivity index (χ1v) is 5.92. The number of benzene rings is 1. The first-order valence-electron chi connectivity index (χ1n) is 5.11. The summed E-state index contributed by atoms with van der Waals surface area (Å²) in [6.45, 7) is 0. The van der Waals surface area contributed by atoms with E-state index in [1.807, 2.05) is 24.3 Å². The van der Waals surface area contributed by atoms with E-state index < -0.39 is 11.1 Å². The molecule has 5 nitrogen and oxygen atoms in total.